The first kappa shape index (κ1) is 66.4. The molecule has 0 radical (unpaired) electrons. The molecule has 0 aliphatic carbocycles. The number of benzene rings is 1. The number of aliphatic hydroxyl groups is 2. The number of hydrogen-bond donors (Lipinski definition) is 16. The Morgan fingerprint density at radius 3 is 1.47 bits per heavy atom. The molecule has 0 spiro atoms. The van der Waals surface area contributed by atoms with Crippen LogP contribution in [-0.2, 0) is 60.8 Å². The molecule has 2 aromatic rings. The lowest BCUT2D eigenvalue weighted by Crippen LogP contribution is -2.61. The number of carbonyl (C=O) groups excluding carboxylic acids is 8. The third-order valence-corrected chi connectivity index (χ3v) is 11.8. The Balaban J connectivity index is 2.45. The standard InChI is InChI=1S/C50H80N14O14/c1-25(2)16-32(59-45(73)35(20-30-22-54-24-56-30)60-47(75)38(23-65)64-44(72)34(19-29-12-9-8-10-13-29)62-48(76)40(51)28(7)66)42(70)61-36(21-39(67)68)46(74)57-31(14-11-15-55-50(52)53)41(69)58-33(17-26(3)4)43(71)63-37(49(77)78)18-27(5)6/h8-10,12-13,22,24-28,31-38,40,65-66H,11,14-21,23,51H2,1-7H3,(H,54,56)(H,57,74)(H,58,69)(H,59,73)(H,60,75)(H,61,70)(H,62,76)(H,63,71)(H,64,72)(H,67,68)(H,77,78)(H4,52,53,55)/t28-,31+,32+,33+,34+,35+,36+,37+,38+,40+/m1/s1. The van der Waals surface area contributed by atoms with Crippen molar-refractivity contribution >= 4 is 65.2 Å². The van der Waals surface area contributed by atoms with Crippen LogP contribution in [0.4, 0.5) is 0 Å². The summed E-state index contributed by atoms with van der Waals surface area (Å²) < 4.78 is 0. The number of H-pyrrole nitrogens is 1. The van der Waals surface area contributed by atoms with Crippen molar-refractivity contribution in [1.82, 2.24) is 52.5 Å². The van der Waals surface area contributed by atoms with Gasteiger partial charge in [-0.25, -0.2) is 9.78 Å². The fourth-order valence-corrected chi connectivity index (χ4v) is 7.73. The molecule has 78 heavy (non-hydrogen) atoms. The van der Waals surface area contributed by atoms with Crippen molar-refractivity contribution in [3.8, 4) is 0 Å². The number of rotatable bonds is 35. The third kappa shape index (κ3) is 24.5. The van der Waals surface area contributed by atoms with Crippen molar-refractivity contribution in [3.63, 3.8) is 0 Å². The monoisotopic (exact) mass is 1100 g/mol. The van der Waals surface area contributed by atoms with Gasteiger partial charge in [-0.1, -0.05) is 71.9 Å². The lowest BCUT2D eigenvalue weighted by atomic mass is 9.99. The van der Waals surface area contributed by atoms with Crippen LogP contribution in [0.5, 0.6) is 0 Å². The molecule has 0 aliphatic rings. The zero-order valence-electron chi connectivity index (χ0n) is 45.1. The number of aliphatic hydroxyl groups excluding tert-OH is 2. The number of hydrogen-bond acceptors (Lipinski definition) is 15. The predicted molar refractivity (Wildman–Crippen MR) is 283 cm³/mol. The average molecular weight is 1100 g/mol. The minimum Gasteiger partial charge on any atom is -0.481 e. The summed E-state index contributed by atoms with van der Waals surface area (Å²) in [7, 11) is 0. The number of carboxylic acids is 2. The van der Waals surface area contributed by atoms with Crippen molar-refractivity contribution in [2.75, 3.05) is 13.2 Å². The highest BCUT2D eigenvalue weighted by atomic mass is 16.4. The molecule has 0 saturated carbocycles. The van der Waals surface area contributed by atoms with Gasteiger partial charge in [0, 0.05) is 31.3 Å². The molecule has 10 atom stereocenters. The summed E-state index contributed by atoms with van der Waals surface area (Å²) in [4.78, 5) is 145. The largest absolute Gasteiger partial charge is 0.481 e. The lowest BCUT2D eigenvalue weighted by Gasteiger charge is -2.28. The van der Waals surface area contributed by atoms with Gasteiger partial charge in [0.1, 0.15) is 54.4 Å². The number of aromatic amines is 1. The van der Waals surface area contributed by atoms with Gasteiger partial charge in [0.25, 0.3) is 0 Å². The zero-order chi connectivity index (χ0) is 58.8. The van der Waals surface area contributed by atoms with E-state index in [2.05, 4.69) is 57.5 Å². The quantitative estimate of drug-likeness (QED) is 0.0181. The second-order valence-electron chi connectivity index (χ2n) is 20.2. The van der Waals surface area contributed by atoms with Crippen molar-refractivity contribution < 1.29 is 68.4 Å². The number of imidazole rings is 1. The summed E-state index contributed by atoms with van der Waals surface area (Å²) >= 11 is 0. The van der Waals surface area contributed by atoms with Gasteiger partial charge in [0.15, 0.2) is 5.96 Å². The molecule has 2 rings (SSSR count). The minimum atomic E-state index is -1.88. The number of aromatic nitrogens is 2. The number of aliphatic imine (C=N–C) groups is 1. The molecule has 19 N–H and O–H groups in total. The first-order chi connectivity index (χ1) is 36.6. The third-order valence-electron chi connectivity index (χ3n) is 11.8. The van der Waals surface area contributed by atoms with E-state index in [4.69, 9.17) is 17.2 Å². The number of nitrogens with two attached hydrogens (primary N) is 3. The topological polar surface area (TPSA) is 467 Å². The van der Waals surface area contributed by atoms with Crippen LogP contribution in [0.2, 0.25) is 0 Å². The van der Waals surface area contributed by atoms with E-state index in [1.54, 1.807) is 71.9 Å². The molecule has 434 valence electrons. The van der Waals surface area contributed by atoms with E-state index >= 15 is 0 Å². The molecule has 0 unspecified atom stereocenters. The van der Waals surface area contributed by atoms with E-state index in [-0.39, 0.29) is 75.2 Å². The first-order valence-corrected chi connectivity index (χ1v) is 25.6. The number of aliphatic carboxylic acids is 2. The Hall–Kier alpha value is -7.72. The Bertz CT molecular complexity index is 2330. The van der Waals surface area contributed by atoms with E-state index in [1.807, 2.05) is 0 Å². The van der Waals surface area contributed by atoms with Crippen LogP contribution in [0, 0.1) is 17.8 Å². The normalized spacial score (nSPS) is 15.1. The molecular weight excluding hydrogens is 1020 g/mol. The number of carboxylic acid groups (broad SMARTS) is 2. The van der Waals surface area contributed by atoms with E-state index in [0.29, 0.717) is 11.3 Å². The van der Waals surface area contributed by atoms with Crippen LogP contribution < -0.4 is 59.7 Å². The van der Waals surface area contributed by atoms with Crippen LogP contribution in [0.3, 0.4) is 0 Å². The molecule has 0 fully saturated rings. The maximum absolute atomic E-state index is 14.2. The van der Waals surface area contributed by atoms with Crippen molar-refractivity contribution in [3.05, 3.63) is 54.1 Å². The molecule has 0 aliphatic heterocycles. The smallest absolute Gasteiger partial charge is 0.326 e. The average Bonchev–Trinajstić information content (AvgIpc) is 3.87. The van der Waals surface area contributed by atoms with E-state index in [1.165, 1.54) is 19.4 Å². The molecule has 0 saturated heterocycles. The Morgan fingerprint density at radius 1 is 0.577 bits per heavy atom. The van der Waals surface area contributed by atoms with Crippen molar-refractivity contribution in [1.29, 1.82) is 0 Å². The summed E-state index contributed by atoms with van der Waals surface area (Å²) in [5, 5.41) is 59.7. The van der Waals surface area contributed by atoms with Crippen LogP contribution in [-0.4, -0.2) is 169 Å². The predicted octanol–water partition coefficient (Wildman–Crippen LogP) is -3.48. The second-order valence-corrected chi connectivity index (χ2v) is 20.2. The molecule has 0 bridgehead atoms. The van der Waals surface area contributed by atoms with Gasteiger partial charge in [-0.2, -0.15) is 0 Å². The zero-order valence-corrected chi connectivity index (χ0v) is 45.1. The summed E-state index contributed by atoms with van der Waals surface area (Å²) in [6, 6.07) is -5.08. The van der Waals surface area contributed by atoms with Crippen molar-refractivity contribution in [2.45, 2.75) is 160 Å². The fourth-order valence-electron chi connectivity index (χ4n) is 7.73. The highest BCUT2D eigenvalue weighted by Gasteiger charge is 2.36. The highest BCUT2D eigenvalue weighted by molar-refractivity contribution is 5.99. The summed E-state index contributed by atoms with van der Waals surface area (Å²) in [6.45, 7) is 10.7. The highest BCUT2D eigenvalue weighted by Crippen LogP contribution is 2.13. The SMILES string of the molecule is CC(C)C[C@H](NC(=O)[C@H](CC(C)C)NC(=O)[C@H](CCCN=C(N)N)NC(=O)[C@H](CC(=O)O)NC(=O)[C@H](CC(C)C)NC(=O)[C@H](Cc1cnc[nH]1)NC(=O)[C@H](CO)NC(=O)[C@H](Cc1ccccc1)NC(=O)[C@@H](N)[C@@H](C)O)C(=O)O. The Morgan fingerprint density at radius 2 is 1.00 bits per heavy atom. The number of carbonyl (C=O) groups is 10. The van der Waals surface area contributed by atoms with Gasteiger partial charge < -0.3 is 85.1 Å². The maximum Gasteiger partial charge on any atom is 0.326 e. The minimum absolute atomic E-state index is 0.0214. The van der Waals surface area contributed by atoms with Crippen LogP contribution in [0.1, 0.15) is 98.2 Å². The molecule has 28 nitrogen and oxygen atoms in total. The van der Waals surface area contributed by atoms with Gasteiger partial charge in [-0.15, -0.1) is 0 Å². The molecular formula is C50H80N14O14. The van der Waals surface area contributed by atoms with E-state index in [9.17, 15) is 68.4 Å². The summed E-state index contributed by atoms with van der Waals surface area (Å²) in [5.41, 5.74) is 17.6. The number of nitrogens with one attached hydrogen (secondary N) is 9. The molecule has 28 heteroatoms. The molecule has 8 amide bonds. The number of nitrogens with zero attached hydrogens (tertiary/aromatic N) is 2. The van der Waals surface area contributed by atoms with Gasteiger partial charge in [0.05, 0.1) is 25.5 Å². The molecule has 1 aromatic heterocycles. The Kier molecular flexibility index (Phi) is 28.5. The maximum atomic E-state index is 14.2. The van der Waals surface area contributed by atoms with Crippen LogP contribution in [0.25, 0.3) is 0 Å². The first-order valence-electron chi connectivity index (χ1n) is 25.6. The summed E-state index contributed by atoms with van der Waals surface area (Å²) in [6.07, 6.45) is -0.156. The van der Waals surface area contributed by atoms with Crippen LogP contribution in [0.15, 0.2) is 47.8 Å². The van der Waals surface area contributed by atoms with Gasteiger partial charge >= 0.3 is 11.9 Å². The molecule has 1 heterocycles. The number of amides is 8. The van der Waals surface area contributed by atoms with E-state index < -0.39 is 133 Å². The lowest BCUT2D eigenvalue weighted by molar-refractivity contribution is -0.143. The van der Waals surface area contributed by atoms with Gasteiger partial charge in [0.2, 0.25) is 47.3 Å². The van der Waals surface area contributed by atoms with Crippen LogP contribution >= 0.6 is 0 Å². The molecule has 1 aromatic carbocycles. The summed E-state index contributed by atoms with van der Waals surface area (Å²) in [5.74, 6) is -11.6. The second kappa shape index (κ2) is 33.4. The van der Waals surface area contributed by atoms with Crippen molar-refractivity contribution in [2.24, 2.45) is 39.9 Å². The van der Waals surface area contributed by atoms with Gasteiger partial charge in [-0.05, 0) is 62.3 Å². The number of guanidine groups is 1. The fraction of sp³-hybridized carbons (Fsp3) is 0.600. The Labute approximate surface area is 452 Å². The van der Waals surface area contributed by atoms with Gasteiger partial charge in [-0.3, -0.25) is 48.1 Å². The van der Waals surface area contributed by atoms with E-state index in [0.717, 1.165) is 0 Å².